The molecule has 1 saturated heterocycles. The van der Waals surface area contributed by atoms with Gasteiger partial charge < -0.3 is 9.80 Å². The maximum absolute atomic E-state index is 2.46. The predicted octanol–water partition coefficient (Wildman–Crippen LogP) is 2.79. The molecule has 2 heterocycles. The van der Waals surface area contributed by atoms with Crippen molar-refractivity contribution in [1.29, 1.82) is 0 Å². The molecule has 3 rings (SSSR count). The van der Waals surface area contributed by atoms with Crippen molar-refractivity contribution in [3.05, 3.63) is 59.9 Å². The number of rotatable bonds is 2. The fourth-order valence-electron chi connectivity index (χ4n) is 2.37. The first-order chi connectivity index (χ1) is 7.93. The van der Waals surface area contributed by atoms with E-state index in [0.717, 1.165) is 26.2 Å². The average molecular weight is 293 g/mol. The van der Waals surface area contributed by atoms with Crippen LogP contribution in [0.3, 0.4) is 0 Å². The smallest absolute Gasteiger partial charge is 0.105 e. The van der Waals surface area contributed by atoms with Crippen molar-refractivity contribution in [3.63, 3.8) is 0 Å². The molecule has 2 nitrogen and oxygen atoms in total. The van der Waals surface area contributed by atoms with Gasteiger partial charge >= 0.3 is 0 Å². The highest BCUT2D eigenvalue weighted by Gasteiger charge is 2.24. The first kappa shape index (κ1) is 12.2. The van der Waals surface area contributed by atoms with E-state index in [2.05, 4.69) is 58.4 Å². The lowest BCUT2D eigenvalue weighted by Gasteiger charge is -2.25. The second-order valence-corrected chi connectivity index (χ2v) is 4.31. The summed E-state index contributed by atoms with van der Waals surface area (Å²) in [5.74, 6) is 1.38. The van der Waals surface area contributed by atoms with Crippen LogP contribution < -0.4 is 0 Å². The number of hydrogen-bond acceptors (Lipinski definition) is 2. The van der Waals surface area contributed by atoms with Crippen LogP contribution in [0.15, 0.2) is 54.4 Å². The van der Waals surface area contributed by atoms with Gasteiger partial charge in [-0.05, 0) is 11.6 Å². The fourth-order valence-corrected chi connectivity index (χ4v) is 2.37. The summed E-state index contributed by atoms with van der Waals surface area (Å²) in [6.45, 7) is 4.39. The number of benzene rings is 1. The molecule has 90 valence electrons. The van der Waals surface area contributed by atoms with Crippen LogP contribution in [0.1, 0.15) is 5.56 Å². The minimum atomic E-state index is 0. The molecule has 1 aromatic carbocycles. The third-order valence-electron chi connectivity index (χ3n) is 3.21. The normalized spacial score (nSPS) is 17.5. The zero-order valence-corrected chi connectivity index (χ0v) is 11.5. The van der Waals surface area contributed by atoms with E-state index in [-0.39, 0.29) is 17.0 Å². The number of nitrogens with zero attached hydrogens (tertiary/aromatic N) is 2. The van der Waals surface area contributed by atoms with E-state index in [4.69, 9.17) is 0 Å². The Balaban J connectivity index is 0.00000108. The SMILES string of the molecule is Br.C1=CCN2CCN(Cc3ccccc3)C2=C1. The molecule has 0 unspecified atom stereocenters. The summed E-state index contributed by atoms with van der Waals surface area (Å²) in [6, 6.07) is 10.7. The predicted molar refractivity (Wildman–Crippen MR) is 76.0 cm³/mol. The first-order valence-electron chi connectivity index (χ1n) is 5.84. The Morgan fingerprint density at radius 2 is 1.88 bits per heavy atom. The van der Waals surface area contributed by atoms with Crippen molar-refractivity contribution in [2.75, 3.05) is 19.6 Å². The van der Waals surface area contributed by atoms with Gasteiger partial charge in [-0.25, -0.2) is 0 Å². The molecule has 0 spiro atoms. The molecular formula is C14H17BrN2. The first-order valence-corrected chi connectivity index (χ1v) is 5.84. The molecule has 1 fully saturated rings. The molecule has 3 heteroatoms. The van der Waals surface area contributed by atoms with Crippen molar-refractivity contribution >= 4 is 17.0 Å². The largest absolute Gasteiger partial charge is 0.353 e. The summed E-state index contributed by atoms with van der Waals surface area (Å²) < 4.78 is 0. The van der Waals surface area contributed by atoms with Crippen LogP contribution in [0, 0.1) is 0 Å². The van der Waals surface area contributed by atoms with Gasteiger partial charge in [-0.2, -0.15) is 0 Å². The minimum absolute atomic E-state index is 0. The van der Waals surface area contributed by atoms with Gasteiger partial charge in [0.15, 0.2) is 0 Å². The van der Waals surface area contributed by atoms with Crippen molar-refractivity contribution in [3.8, 4) is 0 Å². The van der Waals surface area contributed by atoms with E-state index in [1.165, 1.54) is 11.4 Å². The Morgan fingerprint density at radius 1 is 1.06 bits per heavy atom. The van der Waals surface area contributed by atoms with Gasteiger partial charge in [0.05, 0.1) is 0 Å². The van der Waals surface area contributed by atoms with Crippen LogP contribution in [0.2, 0.25) is 0 Å². The molecule has 0 aliphatic carbocycles. The molecular weight excluding hydrogens is 276 g/mol. The molecule has 0 amide bonds. The Bertz CT molecular complexity index is 425. The molecule has 0 bridgehead atoms. The fraction of sp³-hybridized carbons (Fsp3) is 0.286. The molecule has 1 aromatic rings. The Kier molecular flexibility index (Phi) is 3.89. The summed E-state index contributed by atoms with van der Waals surface area (Å²) in [4.78, 5) is 4.89. The summed E-state index contributed by atoms with van der Waals surface area (Å²) in [6.07, 6.45) is 6.60. The van der Waals surface area contributed by atoms with Crippen LogP contribution in [0.5, 0.6) is 0 Å². The third-order valence-corrected chi connectivity index (χ3v) is 3.21. The van der Waals surface area contributed by atoms with Gasteiger partial charge in [-0.1, -0.05) is 42.5 Å². The highest BCUT2D eigenvalue weighted by Crippen LogP contribution is 2.22. The topological polar surface area (TPSA) is 6.48 Å². The van der Waals surface area contributed by atoms with Crippen LogP contribution in [0.25, 0.3) is 0 Å². The lowest BCUT2D eigenvalue weighted by atomic mass is 10.2. The van der Waals surface area contributed by atoms with Gasteiger partial charge in [-0.15, -0.1) is 17.0 Å². The van der Waals surface area contributed by atoms with E-state index in [0.29, 0.717) is 0 Å². The lowest BCUT2D eigenvalue weighted by molar-refractivity contribution is 0.344. The molecule has 2 aliphatic heterocycles. The van der Waals surface area contributed by atoms with E-state index in [9.17, 15) is 0 Å². The standard InChI is InChI=1S/C14H16N2.BrH/c1-2-6-13(7-3-1)12-16-11-10-15-9-5-4-8-14(15)16;/h1-8H,9-12H2;1H. The van der Waals surface area contributed by atoms with Crippen LogP contribution in [-0.4, -0.2) is 29.4 Å². The maximum atomic E-state index is 2.46. The number of fused-ring (bicyclic) bond motifs is 1. The molecule has 2 aliphatic rings. The zero-order valence-electron chi connectivity index (χ0n) is 9.75. The average Bonchev–Trinajstić information content (AvgIpc) is 2.74. The summed E-state index contributed by atoms with van der Waals surface area (Å²) >= 11 is 0. The number of hydrogen-bond donors (Lipinski definition) is 0. The van der Waals surface area contributed by atoms with Gasteiger partial charge in [0.2, 0.25) is 0 Å². The van der Waals surface area contributed by atoms with Crippen molar-refractivity contribution in [1.82, 2.24) is 9.80 Å². The molecule has 0 saturated carbocycles. The lowest BCUT2D eigenvalue weighted by Crippen LogP contribution is -2.24. The van der Waals surface area contributed by atoms with Gasteiger partial charge in [0, 0.05) is 26.2 Å². The van der Waals surface area contributed by atoms with Crippen molar-refractivity contribution < 1.29 is 0 Å². The van der Waals surface area contributed by atoms with E-state index >= 15 is 0 Å². The zero-order chi connectivity index (χ0) is 10.8. The molecule has 17 heavy (non-hydrogen) atoms. The molecule has 0 N–H and O–H groups in total. The quantitative estimate of drug-likeness (QED) is 0.827. The second kappa shape index (κ2) is 5.41. The Hall–Kier alpha value is -1.22. The van der Waals surface area contributed by atoms with Crippen molar-refractivity contribution in [2.24, 2.45) is 0 Å². The maximum Gasteiger partial charge on any atom is 0.105 e. The van der Waals surface area contributed by atoms with Crippen LogP contribution in [0.4, 0.5) is 0 Å². The highest BCUT2D eigenvalue weighted by molar-refractivity contribution is 8.93. The third kappa shape index (κ3) is 2.55. The second-order valence-electron chi connectivity index (χ2n) is 4.31. The van der Waals surface area contributed by atoms with E-state index in [1.54, 1.807) is 0 Å². The Labute approximate surface area is 113 Å². The van der Waals surface area contributed by atoms with Gasteiger partial charge in [0.25, 0.3) is 0 Å². The van der Waals surface area contributed by atoms with E-state index in [1.807, 2.05) is 0 Å². The Morgan fingerprint density at radius 3 is 2.71 bits per heavy atom. The molecule has 0 atom stereocenters. The van der Waals surface area contributed by atoms with E-state index < -0.39 is 0 Å². The van der Waals surface area contributed by atoms with Gasteiger partial charge in [0.1, 0.15) is 5.82 Å². The van der Waals surface area contributed by atoms with Crippen molar-refractivity contribution in [2.45, 2.75) is 6.54 Å². The number of halogens is 1. The summed E-state index contributed by atoms with van der Waals surface area (Å²) in [5.41, 5.74) is 1.39. The monoisotopic (exact) mass is 292 g/mol. The minimum Gasteiger partial charge on any atom is -0.353 e. The molecule has 0 radical (unpaired) electrons. The summed E-state index contributed by atoms with van der Waals surface area (Å²) in [5, 5.41) is 0. The highest BCUT2D eigenvalue weighted by atomic mass is 79.9. The molecule has 0 aromatic heterocycles. The summed E-state index contributed by atoms with van der Waals surface area (Å²) in [7, 11) is 0. The van der Waals surface area contributed by atoms with Crippen LogP contribution in [-0.2, 0) is 6.54 Å². The van der Waals surface area contributed by atoms with Gasteiger partial charge in [-0.3, -0.25) is 0 Å². The number of allylic oxidation sites excluding steroid dienone is 2. The van der Waals surface area contributed by atoms with Crippen LogP contribution >= 0.6 is 17.0 Å².